The van der Waals surface area contributed by atoms with Gasteiger partial charge >= 0.3 is 6.09 Å². The molecule has 6 nitrogen and oxygen atoms in total. The number of aromatic nitrogens is 2. The Bertz CT molecular complexity index is 785. The molecule has 1 N–H and O–H groups in total. The Morgan fingerprint density at radius 3 is 2.81 bits per heavy atom. The van der Waals surface area contributed by atoms with Gasteiger partial charge < -0.3 is 15.0 Å². The number of carbonyl (C=O) groups excluding carboxylic acids is 1. The van der Waals surface area contributed by atoms with Gasteiger partial charge in [-0.1, -0.05) is 18.2 Å². The minimum absolute atomic E-state index is 0.239. The lowest BCUT2D eigenvalue weighted by Crippen LogP contribution is -2.60. The van der Waals surface area contributed by atoms with Crippen LogP contribution in [0.1, 0.15) is 26.3 Å². The predicted octanol–water partition coefficient (Wildman–Crippen LogP) is 3.51. The third-order valence-electron chi connectivity index (χ3n) is 3.98. The molecule has 1 aliphatic rings. The molecule has 7 heteroatoms. The highest BCUT2D eigenvalue weighted by molar-refractivity contribution is 6.28. The summed E-state index contributed by atoms with van der Waals surface area (Å²) in [4.78, 5) is 21.8. The number of carbonyl (C=O) groups is 1. The van der Waals surface area contributed by atoms with Crippen molar-refractivity contribution < 1.29 is 9.53 Å². The topological polar surface area (TPSA) is 67.3 Å². The molecule has 0 bridgehead atoms. The van der Waals surface area contributed by atoms with Gasteiger partial charge in [-0.15, -0.1) is 0 Å². The van der Waals surface area contributed by atoms with Crippen LogP contribution in [-0.2, 0) is 11.3 Å². The van der Waals surface area contributed by atoms with E-state index in [0.717, 1.165) is 23.4 Å². The summed E-state index contributed by atoms with van der Waals surface area (Å²) in [5.41, 5.74) is 2.48. The van der Waals surface area contributed by atoms with E-state index in [1.165, 1.54) is 0 Å². The van der Waals surface area contributed by atoms with Crippen molar-refractivity contribution in [1.82, 2.24) is 20.2 Å². The van der Waals surface area contributed by atoms with Crippen molar-refractivity contribution in [3.63, 3.8) is 0 Å². The van der Waals surface area contributed by atoms with E-state index in [1.807, 2.05) is 39.0 Å². The Morgan fingerprint density at radius 2 is 2.12 bits per heavy atom. The molecule has 2 aromatic rings. The van der Waals surface area contributed by atoms with E-state index in [-0.39, 0.29) is 17.4 Å². The molecule has 1 fully saturated rings. The fourth-order valence-corrected chi connectivity index (χ4v) is 2.83. The van der Waals surface area contributed by atoms with Crippen LogP contribution in [0.3, 0.4) is 0 Å². The van der Waals surface area contributed by atoms with E-state index in [9.17, 15) is 4.79 Å². The van der Waals surface area contributed by atoms with E-state index in [2.05, 4.69) is 27.4 Å². The number of hydrogen-bond donors (Lipinski definition) is 1. The van der Waals surface area contributed by atoms with Gasteiger partial charge in [0.25, 0.3) is 0 Å². The summed E-state index contributed by atoms with van der Waals surface area (Å²) >= 11 is 5.87. The first kappa shape index (κ1) is 18.6. The summed E-state index contributed by atoms with van der Waals surface area (Å²) in [6.45, 7) is 7.67. The number of nitrogens with one attached hydrogen (secondary N) is 1. The van der Waals surface area contributed by atoms with Crippen LogP contribution in [0.2, 0.25) is 5.28 Å². The monoisotopic (exact) mass is 374 g/mol. The smallest absolute Gasteiger partial charge is 0.410 e. The fourth-order valence-electron chi connectivity index (χ4n) is 2.68. The molecule has 3 rings (SSSR count). The van der Waals surface area contributed by atoms with E-state index >= 15 is 0 Å². The van der Waals surface area contributed by atoms with Gasteiger partial charge in [-0.3, -0.25) is 0 Å². The minimum Gasteiger partial charge on any atom is -0.444 e. The summed E-state index contributed by atoms with van der Waals surface area (Å²) in [6.07, 6.45) is 1.40. The maximum absolute atomic E-state index is 11.9. The van der Waals surface area contributed by atoms with Crippen LogP contribution in [-0.4, -0.2) is 45.7 Å². The molecule has 2 heterocycles. The summed E-state index contributed by atoms with van der Waals surface area (Å²) < 4.78 is 5.36. The van der Waals surface area contributed by atoms with Gasteiger partial charge in [-0.25, -0.2) is 14.8 Å². The molecular weight excluding hydrogens is 352 g/mol. The second kappa shape index (κ2) is 7.60. The molecule has 0 saturated carbocycles. The second-order valence-electron chi connectivity index (χ2n) is 7.37. The number of rotatable bonds is 4. The van der Waals surface area contributed by atoms with Crippen molar-refractivity contribution in [3.8, 4) is 11.3 Å². The first-order valence-corrected chi connectivity index (χ1v) is 8.97. The average molecular weight is 375 g/mol. The highest BCUT2D eigenvalue weighted by Crippen LogP contribution is 2.20. The number of hydrogen-bond acceptors (Lipinski definition) is 5. The zero-order valence-corrected chi connectivity index (χ0v) is 16.0. The molecule has 0 radical (unpaired) electrons. The molecular formula is C19H23ClN4O2. The van der Waals surface area contributed by atoms with Gasteiger partial charge in [-0.05, 0) is 50.1 Å². The van der Waals surface area contributed by atoms with Crippen LogP contribution in [0.15, 0.2) is 36.5 Å². The first-order chi connectivity index (χ1) is 12.3. The fraction of sp³-hybridized carbons (Fsp3) is 0.421. The highest BCUT2D eigenvalue weighted by Gasteiger charge is 2.33. The van der Waals surface area contributed by atoms with Crippen molar-refractivity contribution in [3.05, 3.63) is 47.4 Å². The SMILES string of the molecule is CC(C)(C)OC(=O)N1CC(NCc2cccc(-c3ccnc(Cl)n3)c2)C1. The lowest BCUT2D eigenvalue weighted by Gasteiger charge is -2.40. The molecule has 1 aliphatic heterocycles. The molecule has 0 atom stereocenters. The quantitative estimate of drug-likeness (QED) is 0.829. The van der Waals surface area contributed by atoms with E-state index in [4.69, 9.17) is 16.3 Å². The molecule has 1 aromatic heterocycles. The molecule has 1 amide bonds. The molecule has 1 saturated heterocycles. The summed E-state index contributed by atoms with van der Waals surface area (Å²) in [5.74, 6) is 0. The zero-order chi connectivity index (χ0) is 18.7. The van der Waals surface area contributed by atoms with Crippen molar-refractivity contribution in [2.24, 2.45) is 0 Å². The predicted molar refractivity (Wildman–Crippen MR) is 101 cm³/mol. The summed E-state index contributed by atoms with van der Waals surface area (Å²) in [7, 11) is 0. The van der Waals surface area contributed by atoms with Crippen LogP contribution in [0.4, 0.5) is 4.79 Å². The normalized spacial score (nSPS) is 14.8. The summed E-state index contributed by atoms with van der Waals surface area (Å²) in [6, 6.07) is 10.2. The van der Waals surface area contributed by atoms with Crippen LogP contribution >= 0.6 is 11.6 Å². The third kappa shape index (κ3) is 4.93. The number of ether oxygens (including phenoxy) is 1. The van der Waals surface area contributed by atoms with Crippen molar-refractivity contribution in [2.75, 3.05) is 13.1 Å². The van der Waals surface area contributed by atoms with Crippen molar-refractivity contribution in [1.29, 1.82) is 0 Å². The Morgan fingerprint density at radius 1 is 1.35 bits per heavy atom. The van der Waals surface area contributed by atoms with Gasteiger partial charge in [0.05, 0.1) is 5.69 Å². The number of benzene rings is 1. The third-order valence-corrected chi connectivity index (χ3v) is 4.16. The molecule has 1 aromatic carbocycles. The molecule has 26 heavy (non-hydrogen) atoms. The van der Waals surface area contributed by atoms with Gasteiger partial charge in [0.2, 0.25) is 5.28 Å². The van der Waals surface area contributed by atoms with Crippen LogP contribution in [0.25, 0.3) is 11.3 Å². The summed E-state index contributed by atoms with van der Waals surface area (Å²) in [5, 5.41) is 3.70. The van der Waals surface area contributed by atoms with Crippen molar-refractivity contribution in [2.45, 2.75) is 39.0 Å². The number of nitrogens with zero attached hydrogens (tertiary/aromatic N) is 3. The van der Waals surface area contributed by atoms with Gasteiger partial charge in [0.15, 0.2) is 0 Å². The lowest BCUT2D eigenvalue weighted by molar-refractivity contribution is 0.00519. The minimum atomic E-state index is -0.458. The van der Waals surface area contributed by atoms with Gasteiger partial charge in [0, 0.05) is 37.4 Å². The Labute approximate surface area is 158 Å². The second-order valence-corrected chi connectivity index (χ2v) is 7.71. The van der Waals surface area contributed by atoms with Crippen LogP contribution in [0, 0.1) is 0 Å². The Balaban J connectivity index is 1.51. The zero-order valence-electron chi connectivity index (χ0n) is 15.2. The Hall–Kier alpha value is -2.18. The first-order valence-electron chi connectivity index (χ1n) is 8.59. The highest BCUT2D eigenvalue weighted by atomic mass is 35.5. The number of halogens is 1. The Kier molecular flexibility index (Phi) is 5.44. The number of amides is 1. The average Bonchev–Trinajstić information content (AvgIpc) is 2.52. The maximum Gasteiger partial charge on any atom is 0.410 e. The maximum atomic E-state index is 11.9. The molecule has 138 valence electrons. The van der Waals surface area contributed by atoms with Gasteiger partial charge in [-0.2, -0.15) is 0 Å². The standard InChI is InChI=1S/C19H23ClN4O2/c1-19(2,3)26-18(25)24-11-15(12-24)22-10-13-5-4-6-14(9-13)16-7-8-21-17(20)23-16/h4-9,15,22H,10-12H2,1-3H3. The molecule has 0 unspecified atom stereocenters. The van der Waals surface area contributed by atoms with Crippen LogP contribution < -0.4 is 5.32 Å². The van der Waals surface area contributed by atoms with E-state index in [0.29, 0.717) is 13.1 Å². The lowest BCUT2D eigenvalue weighted by atomic mass is 10.1. The van der Waals surface area contributed by atoms with E-state index in [1.54, 1.807) is 11.1 Å². The van der Waals surface area contributed by atoms with Gasteiger partial charge in [0.1, 0.15) is 5.60 Å². The van der Waals surface area contributed by atoms with E-state index < -0.39 is 5.60 Å². The van der Waals surface area contributed by atoms with Crippen LogP contribution in [0.5, 0.6) is 0 Å². The molecule has 0 spiro atoms. The van der Waals surface area contributed by atoms with Crippen molar-refractivity contribution >= 4 is 17.7 Å². The largest absolute Gasteiger partial charge is 0.444 e. The molecule has 0 aliphatic carbocycles. The number of likely N-dealkylation sites (tertiary alicyclic amines) is 1.